The first-order valence-electron chi connectivity index (χ1n) is 3.82. The van der Waals surface area contributed by atoms with Crippen molar-refractivity contribution in [3.05, 3.63) is 0 Å². The Morgan fingerprint density at radius 3 is 2.42 bits per heavy atom. The number of rotatable bonds is 4. The van der Waals surface area contributed by atoms with E-state index in [1.165, 1.54) is 11.8 Å². The summed E-state index contributed by atoms with van der Waals surface area (Å²) in [5, 5.41) is 9.40. The minimum absolute atomic E-state index is 0.0598. The van der Waals surface area contributed by atoms with Crippen LogP contribution in [0.15, 0.2) is 0 Å². The number of likely N-dealkylation sites (N-methyl/N-ethyl adjacent to an activating group) is 1. The normalized spacial score (nSPS) is 11.4. The fraction of sp³-hybridized carbons (Fsp3) is 0.875. The van der Waals surface area contributed by atoms with Crippen LogP contribution >= 0.6 is 11.8 Å². The smallest absolute Gasteiger partial charge is 0.232 e. The van der Waals surface area contributed by atoms with Crippen LogP contribution in [-0.2, 0) is 4.79 Å². The summed E-state index contributed by atoms with van der Waals surface area (Å²) in [6, 6.07) is 0. The molecule has 1 N–H and O–H groups in total. The highest BCUT2D eigenvalue weighted by atomic mass is 32.2. The second-order valence-corrected chi connectivity index (χ2v) is 4.36. The van der Waals surface area contributed by atoms with Crippen molar-refractivity contribution in [2.75, 3.05) is 25.6 Å². The molecular formula is C8H17NO2S. The van der Waals surface area contributed by atoms with Gasteiger partial charge in [0.1, 0.15) is 0 Å². The van der Waals surface area contributed by atoms with Crippen LogP contribution in [0.4, 0.5) is 0 Å². The van der Waals surface area contributed by atoms with Gasteiger partial charge in [0.25, 0.3) is 0 Å². The van der Waals surface area contributed by atoms with Gasteiger partial charge in [-0.1, -0.05) is 0 Å². The van der Waals surface area contributed by atoms with Crippen LogP contribution in [0.25, 0.3) is 0 Å². The van der Waals surface area contributed by atoms with Crippen LogP contribution in [0.3, 0.4) is 0 Å². The number of carbonyl (C=O) groups is 1. The molecule has 0 bridgehead atoms. The van der Waals surface area contributed by atoms with Crippen molar-refractivity contribution in [1.82, 2.24) is 4.90 Å². The van der Waals surface area contributed by atoms with Gasteiger partial charge in [-0.25, -0.2) is 0 Å². The highest BCUT2D eigenvalue weighted by molar-refractivity contribution is 7.99. The highest BCUT2D eigenvalue weighted by Crippen LogP contribution is 2.04. The zero-order valence-electron chi connectivity index (χ0n) is 8.13. The first kappa shape index (κ1) is 11.8. The molecule has 0 atom stereocenters. The molecule has 1 amide bonds. The standard InChI is InChI=1S/C8H17NO2S/c1-8(2,11)6-9(3)7(10)5-12-4/h11H,5-6H2,1-4H3. The van der Waals surface area contributed by atoms with Gasteiger partial charge in [-0.15, -0.1) is 0 Å². The summed E-state index contributed by atoms with van der Waals surface area (Å²) in [7, 11) is 1.70. The van der Waals surface area contributed by atoms with Crippen LogP contribution in [-0.4, -0.2) is 47.1 Å². The van der Waals surface area contributed by atoms with Crippen molar-refractivity contribution in [3.8, 4) is 0 Å². The number of aliphatic hydroxyl groups is 1. The summed E-state index contributed by atoms with van der Waals surface area (Å²) in [5.41, 5.74) is -0.803. The number of hydrogen-bond donors (Lipinski definition) is 1. The zero-order valence-corrected chi connectivity index (χ0v) is 8.94. The molecule has 0 aliphatic rings. The molecule has 0 rings (SSSR count). The Hall–Kier alpha value is -0.220. The molecule has 0 unspecified atom stereocenters. The van der Waals surface area contributed by atoms with E-state index < -0.39 is 5.60 Å². The Kier molecular flexibility index (Phi) is 4.63. The molecule has 0 aliphatic carbocycles. The van der Waals surface area contributed by atoms with Crippen molar-refractivity contribution in [1.29, 1.82) is 0 Å². The van der Waals surface area contributed by atoms with E-state index in [2.05, 4.69) is 0 Å². The van der Waals surface area contributed by atoms with E-state index in [-0.39, 0.29) is 5.91 Å². The molecule has 0 fully saturated rings. The average Bonchev–Trinajstić information content (AvgIpc) is 1.84. The van der Waals surface area contributed by atoms with Crippen LogP contribution in [0.5, 0.6) is 0 Å². The third-order valence-corrected chi connectivity index (χ3v) is 1.85. The van der Waals surface area contributed by atoms with E-state index in [4.69, 9.17) is 0 Å². The molecule has 0 spiro atoms. The molecule has 0 saturated heterocycles. The molecule has 0 aliphatic heterocycles. The average molecular weight is 191 g/mol. The van der Waals surface area contributed by atoms with Gasteiger partial charge in [0, 0.05) is 13.6 Å². The lowest BCUT2D eigenvalue weighted by molar-refractivity contribution is -0.129. The SMILES string of the molecule is CSCC(=O)N(C)CC(C)(C)O. The van der Waals surface area contributed by atoms with Crippen molar-refractivity contribution in [2.45, 2.75) is 19.4 Å². The number of hydrogen-bond acceptors (Lipinski definition) is 3. The molecule has 0 heterocycles. The van der Waals surface area contributed by atoms with E-state index in [1.807, 2.05) is 6.26 Å². The van der Waals surface area contributed by atoms with Gasteiger partial charge in [-0.3, -0.25) is 4.79 Å². The molecule has 0 radical (unpaired) electrons. The number of thioether (sulfide) groups is 1. The van der Waals surface area contributed by atoms with E-state index in [0.717, 1.165) is 0 Å². The lowest BCUT2D eigenvalue weighted by atomic mass is 10.1. The van der Waals surface area contributed by atoms with E-state index >= 15 is 0 Å². The molecule has 0 aromatic rings. The fourth-order valence-electron chi connectivity index (χ4n) is 0.902. The van der Waals surface area contributed by atoms with Crippen molar-refractivity contribution >= 4 is 17.7 Å². The maximum Gasteiger partial charge on any atom is 0.232 e. The molecule has 0 aromatic carbocycles. The van der Waals surface area contributed by atoms with Gasteiger partial charge < -0.3 is 10.0 Å². The van der Waals surface area contributed by atoms with Gasteiger partial charge in [0.05, 0.1) is 11.4 Å². The second kappa shape index (κ2) is 4.72. The van der Waals surface area contributed by atoms with Gasteiger partial charge >= 0.3 is 0 Å². The Bertz CT molecular complexity index is 154. The minimum Gasteiger partial charge on any atom is -0.389 e. The topological polar surface area (TPSA) is 40.5 Å². The first-order valence-corrected chi connectivity index (χ1v) is 5.21. The zero-order chi connectivity index (χ0) is 9.78. The summed E-state index contributed by atoms with van der Waals surface area (Å²) in [4.78, 5) is 12.8. The predicted molar refractivity (Wildman–Crippen MR) is 52.3 cm³/mol. The van der Waals surface area contributed by atoms with Crippen LogP contribution in [0, 0.1) is 0 Å². The summed E-state index contributed by atoms with van der Waals surface area (Å²) >= 11 is 1.49. The summed E-state index contributed by atoms with van der Waals surface area (Å²) in [6.07, 6.45) is 1.88. The second-order valence-electron chi connectivity index (χ2n) is 3.50. The Morgan fingerprint density at radius 2 is 2.08 bits per heavy atom. The molecule has 3 nitrogen and oxygen atoms in total. The van der Waals surface area contributed by atoms with Gasteiger partial charge in [-0.2, -0.15) is 11.8 Å². The van der Waals surface area contributed by atoms with Crippen molar-refractivity contribution in [3.63, 3.8) is 0 Å². The fourth-order valence-corrected chi connectivity index (χ4v) is 1.37. The maximum absolute atomic E-state index is 11.2. The Balaban J connectivity index is 3.87. The van der Waals surface area contributed by atoms with Crippen LogP contribution in [0.2, 0.25) is 0 Å². The van der Waals surface area contributed by atoms with Gasteiger partial charge in [0.2, 0.25) is 5.91 Å². The third-order valence-electron chi connectivity index (χ3n) is 1.32. The number of carbonyl (C=O) groups excluding carboxylic acids is 1. The monoisotopic (exact) mass is 191 g/mol. The molecule has 72 valence electrons. The molecule has 0 aromatic heterocycles. The van der Waals surface area contributed by atoms with E-state index in [1.54, 1.807) is 25.8 Å². The highest BCUT2D eigenvalue weighted by Gasteiger charge is 2.18. The van der Waals surface area contributed by atoms with Crippen LogP contribution in [0.1, 0.15) is 13.8 Å². The van der Waals surface area contributed by atoms with Crippen molar-refractivity contribution < 1.29 is 9.90 Å². The number of nitrogens with zero attached hydrogens (tertiary/aromatic N) is 1. The predicted octanol–water partition coefficient (Wildman–Crippen LogP) is 0.579. The summed E-state index contributed by atoms with van der Waals surface area (Å²) in [6.45, 7) is 3.76. The quantitative estimate of drug-likeness (QED) is 0.706. The van der Waals surface area contributed by atoms with E-state index in [0.29, 0.717) is 12.3 Å². The summed E-state index contributed by atoms with van der Waals surface area (Å²) < 4.78 is 0. The Labute approximate surface area is 78.1 Å². The van der Waals surface area contributed by atoms with Gasteiger partial charge in [0.15, 0.2) is 0 Å². The number of amides is 1. The minimum atomic E-state index is -0.803. The van der Waals surface area contributed by atoms with Crippen LogP contribution < -0.4 is 0 Å². The first-order chi connectivity index (χ1) is 5.37. The summed E-state index contributed by atoms with van der Waals surface area (Å²) in [5.74, 6) is 0.539. The molecular weight excluding hydrogens is 174 g/mol. The Morgan fingerprint density at radius 1 is 1.58 bits per heavy atom. The molecule has 0 saturated carbocycles. The molecule has 12 heavy (non-hydrogen) atoms. The lowest BCUT2D eigenvalue weighted by Gasteiger charge is -2.25. The van der Waals surface area contributed by atoms with Gasteiger partial charge in [-0.05, 0) is 20.1 Å². The van der Waals surface area contributed by atoms with Crippen molar-refractivity contribution in [2.24, 2.45) is 0 Å². The molecule has 4 heteroatoms. The van der Waals surface area contributed by atoms with E-state index in [9.17, 15) is 9.90 Å². The maximum atomic E-state index is 11.2. The largest absolute Gasteiger partial charge is 0.389 e. The lowest BCUT2D eigenvalue weighted by Crippen LogP contribution is -2.40. The third kappa shape index (κ3) is 5.43.